The second-order valence-corrected chi connectivity index (χ2v) is 13.9. The monoisotopic (exact) mass is 725 g/mol. The summed E-state index contributed by atoms with van der Waals surface area (Å²) in [5.74, 6) is -6.89. The van der Waals surface area contributed by atoms with Gasteiger partial charge in [-0.2, -0.15) is 0 Å². The Hall–Kier alpha value is -3.02. The maximum Gasteiger partial charge on any atom is 0.333 e. The van der Waals surface area contributed by atoms with Gasteiger partial charge >= 0.3 is 23.9 Å². The van der Waals surface area contributed by atoms with Crippen LogP contribution in [-0.2, 0) is 47.8 Å². The average Bonchev–Trinajstić information content (AvgIpc) is 3.42. The van der Waals surface area contributed by atoms with E-state index in [2.05, 4.69) is 13.8 Å². The highest BCUT2D eigenvalue weighted by Gasteiger charge is 2.36. The number of hydroxylamine groups is 2. The Morgan fingerprint density at radius 2 is 0.843 bits per heavy atom. The number of rotatable bonds is 33. The SMILES string of the molecule is CCCCCCCCCCCCCC(=O)OC[C@@](O)(COC(=O)CCC(=O)ON1C(=O)CCC1=O)OC(=O)CCCCCCCCCCCCC. The zero-order valence-corrected chi connectivity index (χ0v) is 31.7. The Bertz CT molecular complexity index is 1000. The van der Waals surface area contributed by atoms with Crippen LogP contribution in [0, 0.1) is 0 Å². The third-order valence-electron chi connectivity index (χ3n) is 8.92. The molecule has 1 heterocycles. The molecule has 1 aliphatic rings. The summed E-state index contributed by atoms with van der Waals surface area (Å²) in [6.07, 6.45) is 23.8. The van der Waals surface area contributed by atoms with E-state index in [0.29, 0.717) is 17.9 Å². The molecule has 12 nitrogen and oxygen atoms in total. The van der Waals surface area contributed by atoms with E-state index in [4.69, 9.17) is 19.0 Å². The van der Waals surface area contributed by atoms with Gasteiger partial charge in [0.25, 0.3) is 17.6 Å². The van der Waals surface area contributed by atoms with Crippen molar-refractivity contribution in [1.29, 1.82) is 0 Å². The van der Waals surface area contributed by atoms with Crippen LogP contribution in [0.3, 0.4) is 0 Å². The molecular weight excluding hydrogens is 658 g/mol. The van der Waals surface area contributed by atoms with Crippen LogP contribution >= 0.6 is 0 Å². The van der Waals surface area contributed by atoms with Crippen molar-refractivity contribution in [1.82, 2.24) is 5.06 Å². The van der Waals surface area contributed by atoms with Crippen molar-refractivity contribution in [3.05, 3.63) is 0 Å². The number of amides is 2. The summed E-state index contributed by atoms with van der Waals surface area (Å²) < 4.78 is 15.6. The van der Waals surface area contributed by atoms with Gasteiger partial charge in [-0.05, 0) is 12.8 Å². The Balaban J connectivity index is 2.46. The number of aliphatic hydroxyl groups is 1. The van der Waals surface area contributed by atoms with E-state index >= 15 is 0 Å². The van der Waals surface area contributed by atoms with Gasteiger partial charge in [0.15, 0.2) is 13.2 Å². The Morgan fingerprint density at radius 3 is 1.25 bits per heavy atom. The van der Waals surface area contributed by atoms with Crippen LogP contribution in [0.1, 0.15) is 194 Å². The zero-order chi connectivity index (χ0) is 37.6. The highest BCUT2D eigenvalue weighted by molar-refractivity contribution is 6.01. The Kier molecular flexibility index (Phi) is 26.6. The van der Waals surface area contributed by atoms with E-state index in [1.165, 1.54) is 89.9 Å². The Morgan fingerprint density at radius 1 is 0.510 bits per heavy atom. The van der Waals surface area contributed by atoms with Crippen molar-refractivity contribution >= 4 is 35.7 Å². The highest BCUT2D eigenvalue weighted by atomic mass is 16.7. The Labute approximate surface area is 306 Å². The molecule has 1 rings (SSSR count). The molecule has 0 unspecified atom stereocenters. The molecule has 1 saturated heterocycles. The van der Waals surface area contributed by atoms with Crippen LogP contribution in [0.15, 0.2) is 0 Å². The third-order valence-corrected chi connectivity index (χ3v) is 8.92. The molecule has 2 amide bonds. The molecule has 1 atom stereocenters. The molecule has 0 saturated carbocycles. The molecule has 294 valence electrons. The zero-order valence-electron chi connectivity index (χ0n) is 31.7. The normalized spacial score (nSPS) is 14.0. The van der Waals surface area contributed by atoms with Gasteiger partial charge in [-0.25, -0.2) is 4.79 Å². The van der Waals surface area contributed by atoms with Crippen LogP contribution < -0.4 is 0 Å². The number of carbonyl (C=O) groups excluding carboxylic acids is 6. The number of ether oxygens (including phenoxy) is 3. The second kappa shape index (κ2) is 29.5. The van der Waals surface area contributed by atoms with Gasteiger partial charge < -0.3 is 24.2 Å². The molecule has 0 aromatic heterocycles. The maximum absolute atomic E-state index is 12.6. The van der Waals surface area contributed by atoms with E-state index in [9.17, 15) is 33.9 Å². The van der Waals surface area contributed by atoms with Gasteiger partial charge in [0, 0.05) is 25.7 Å². The van der Waals surface area contributed by atoms with E-state index in [1.54, 1.807) is 0 Å². The smallest absolute Gasteiger partial charge is 0.333 e. The van der Waals surface area contributed by atoms with Crippen LogP contribution in [0.2, 0.25) is 0 Å². The lowest BCUT2D eigenvalue weighted by Gasteiger charge is -2.27. The number of carbonyl (C=O) groups is 6. The van der Waals surface area contributed by atoms with Gasteiger partial charge in [0.05, 0.1) is 12.8 Å². The molecule has 1 N–H and O–H groups in total. The van der Waals surface area contributed by atoms with E-state index in [-0.39, 0.29) is 25.7 Å². The fourth-order valence-corrected chi connectivity index (χ4v) is 5.77. The summed E-state index contributed by atoms with van der Waals surface area (Å²) >= 11 is 0. The summed E-state index contributed by atoms with van der Waals surface area (Å²) in [4.78, 5) is 77.5. The molecular formula is C39H67NO11. The van der Waals surface area contributed by atoms with Crippen molar-refractivity contribution in [3.63, 3.8) is 0 Å². The van der Waals surface area contributed by atoms with Crippen LogP contribution in [0.4, 0.5) is 0 Å². The molecule has 0 radical (unpaired) electrons. The lowest BCUT2D eigenvalue weighted by molar-refractivity contribution is -0.245. The van der Waals surface area contributed by atoms with Crippen molar-refractivity contribution in [2.24, 2.45) is 0 Å². The molecule has 0 bridgehead atoms. The number of imide groups is 1. The summed E-state index contributed by atoms with van der Waals surface area (Å²) in [6, 6.07) is 0. The van der Waals surface area contributed by atoms with Gasteiger partial charge in [0.2, 0.25) is 0 Å². The molecule has 0 aliphatic carbocycles. The summed E-state index contributed by atoms with van der Waals surface area (Å²) in [7, 11) is 0. The van der Waals surface area contributed by atoms with Gasteiger partial charge in [0.1, 0.15) is 0 Å². The van der Waals surface area contributed by atoms with E-state index in [0.717, 1.165) is 38.5 Å². The average molecular weight is 726 g/mol. The molecule has 1 fully saturated rings. The first-order chi connectivity index (χ1) is 24.6. The van der Waals surface area contributed by atoms with Gasteiger partial charge in [-0.1, -0.05) is 142 Å². The number of hydrogen-bond donors (Lipinski definition) is 1. The molecule has 51 heavy (non-hydrogen) atoms. The fourth-order valence-electron chi connectivity index (χ4n) is 5.77. The predicted molar refractivity (Wildman–Crippen MR) is 192 cm³/mol. The van der Waals surface area contributed by atoms with Crippen LogP contribution in [0.5, 0.6) is 0 Å². The number of unbranched alkanes of at least 4 members (excludes halogenated alkanes) is 20. The fraction of sp³-hybridized carbons (Fsp3) is 0.846. The first-order valence-corrected chi connectivity index (χ1v) is 19.9. The van der Waals surface area contributed by atoms with Crippen molar-refractivity contribution in [3.8, 4) is 0 Å². The molecule has 0 aromatic carbocycles. The first-order valence-electron chi connectivity index (χ1n) is 19.9. The summed E-state index contributed by atoms with van der Waals surface area (Å²) in [6.45, 7) is 2.88. The molecule has 12 heteroatoms. The maximum atomic E-state index is 12.6. The summed E-state index contributed by atoms with van der Waals surface area (Å²) in [5.41, 5.74) is 0. The standard InChI is InChI=1S/C39H67NO11/c1-3-5-7-9-11-13-15-17-19-21-23-25-35(43)48-31-39(47,50-37(45)26-24-22-20-18-16-14-12-10-8-6-4-2)32-49-36(44)29-30-38(46)51-40-33(41)27-28-34(40)42/h47H,3-32H2,1-2H3/t39-/m0/s1. The van der Waals surface area contributed by atoms with Crippen LogP contribution in [-0.4, -0.2) is 64.9 Å². The molecule has 0 aromatic rings. The minimum atomic E-state index is -2.41. The van der Waals surface area contributed by atoms with Crippen molar-refractivity contribution in [2.45, 2.75) is 199 Å². The van der Waals surface area contributed by atoms with Gasteiger partial charge in [-0.15, -0.1) is 5.06 Å². The lowest BCUT2D eigenvalue weighted by atomic mass is 10.1. The highest BCUT2D eigenvalue weighted by Crippen LogP contribution is 2.18. The minimum absolute atomic E-state index is 0.0414. The third kappa shape index (κ3) is 24.7. The first kappa shape index (κ1) is 46.0. The van der Waals surface area contributed by atoms with E-state index in [1.807, 2.05) is 0 Å². The summed E-state index contributed by atoms with van der Waals surface area (Å²) in [5, 5.41) is 11.5. The van der Waals surface area contributed by atoms with E-state index < -0.39 is 67.5 Å². The van der Waals surface area contributed by atoms with Crippen molar-refractivity contribution < 1.29 is 52.9 Å². The number of hydrogen-bond acceptors (Lipinski definition) is 11. The van der Waals surface area contributed by atoms with Crippen LogP contribution in [0.25, 0.3) is 0 Å². The number of nitrogens with zero attached hydrogens (tertiary/aromatic N) is 1. The van der Waals surface area contributed by atoms with Gasteiger partial charge in [-0.3, -0.25) is 24.0 Å². The lowest BCUT2D eigenvalue weighted by Crippen LogP contribution is -2.45. The van der Waals surface area contributed by atoms with Crippen molar-refractivity contribution in [2.75, 3.05) is 13.2 Å². The largest absolute Gasteiger partial charge is 0.459 e. The topological polar surface area (TPSA) is 163 Å². The molecule has 0 spiro atoms. The second-order valence-electron chi connectivity index (χ2n) is 13.9. The predicted octanol–water partition coefficient (Wildman–Crippen LogP) is 8.09. The molecule has 1 aliphatic heterocycles. The quantitative estimate of drug-likeness (QED) is 0.0229. The number of esters is 3. The minimum Gasteiger partial charge on any atom is -0.459 e.